The second kappa shape index (κ2) is 6.45. The Labute approximate surface area is 143 Å². The van der Waals surface area contributed by atoms with Crippen molar-refractivity contribution in [3.63, 3.8) is 0 Å². The van der Waals surface area contributed by atoms with Crippen molar-refractivity contribution in [2.24, 2.45) is 11.3 Å². The first kappa shape index (κ1) is 16.8. The van der Waals surface area contributed by atoms with Crippen LogP contribution in [0.15, 0.2) is 24.3 Å². The summed E-state index contributed by atoms with van der Waals surface area (Å²) in [4.78, 5) is 12.5. The predicted octanol–water partition coefficient (Wildman–Crippen LogP) is 4.29. The summed E-state index contributed by atoms with van der Waals surface area (Å²) >= 11 is 6.09. The molecule has 0 heterocycles. The average Bonchev–Trinajstić information content (AvgIpc) is 3.26. The molecule has 4 heteroatoms. The maximum absolute atomic E-state index is 12.5. The first-order valence-corrected chi connectivity index (χ1v) is 8.96. The first-order valence-electron chi connectivity index (χ1n) is 8.58. The zero-order chi connectivity index (χ0) is 16.5. The van der Waals surface area contributed by atoms with E-state index in [4.69, 9.17) is 16.3 Å². The lowest BCUT2D eigenvalue weighted by atomic mass is 9.84. The van der Waals surface area contributed by atoms with Crippen LogP contribution in [0.2, 0.25) is 5.02 Å². The van der Waals surface area contributed by atoms with Gasteiger partial charge in [-0.05, 0) is 49.3 Å². The standard InChI is InChI=1S/C19H26ClNO2/c1-18(23-2,14-7-6-8-15(20)11-14)13-21-17(22)16-12-19(16)9-4-3-5-10-19/h6-8,11,16H,3-5,9-10,12-13H2,1-2H3,(H,21,22)/t16?,18-/m0/s1. The van der Waals surface area contributed by atoms with E-state index in [-0.39, 0.29) is 11.8 Å². The Bertz CT molecular complexity index is 582. The van der Waals surface area contributed by atoms with Gasteiger partial charge in [0.25, 0.3) is 0 Å². The van der Waals surface area contributed by atoms with E-state index in [9.17, 15) is 4.79 Å². The molecule has 0 aromatic heterocycles. The Hall–Kier alpha value is -1.06. The average molecular weight is 336 g/mol. The molecule has 2 atom stereocenters. The van der Waals surface area contributed by atoms with Gasteiger partial charge in [0.05, 0.1) is 6.54 Å². The van der Waals surface area contributed by atoms with Crippen LogP contribution in [-0.4, -0.2) is 19.6 Å². The van der Waals surface area contributed by atoms with E-state index < -0.39 is 5.60 Å². The maximum atomic E-state index is 12.5. The fourth-order valence-corrected chi connectivity index (χ4v) is 4.21. The van der Waals surface area contributed by atoms with Gasteiger partial charge in [0.2, 0.25) is 5.91 Å². The summed E-state index contributed by atoms with van der Waals surface area (Å²) in [5, 5.41) is 3.80. The molecule has 0 aliphatic heterocycles. The molecule has 0 radical (unpaired) electrons. The number of benzene rings is 1. The SMILES string of the molecule is CO[C@@](C)(CNC(=O)C1CC12CCCCC2)c1cccc(Cl)c1. The highest BCUT2D eigenvalue weighted by atomic mass is 35.5. The lowest BCUT2D eigenvalue weighted by molar-refractivity contribution is -0.124. The topological polar surface area (TPSA) is 38.3 Å². The molecule has 1 aromatic rings. The molecule has 1 aromatic carbocycles. The Balaban J connectivity index is 1.61. The Kier molecular flexibility index (Phi) is 4.70. The third-order valence-corrected chi connectivity index (χ3v) is 6.08. The molecule has 1 amide bonds. The van der Waals surface area contributed by atoms with E-state index in [1.165, 1.54) is 32.1 Å². The van der Waals surface area contributed by atoms with Crippen molar-refractivity contribution >= 4 is 17.5 Å². The van der Waals surface area contributed by atoms with Crippen LogP contribution >= 0.6 is 11.6 Å². The first-order chi connectivity index (χ1) is 11.0. The van der Waals surface area contributed by atoms with Crippen LogP contribution in [0.4, 0.5) is 0 Å². The number of hydrogen-bond donors (Lipinski definition) is 1. The summed E-state index contributed by atoms with van der Waals surface area (Å²) in [6, 6.07) is 7.64. The molecule has 3 nitrogen and oxygen atoms in total. The summed E-state index contributed by atoms with van der Waals surface area (Å²) in [7, 11) is 1.67. The zero-order valence-electron chi connectivity index (χ0n) is 14.0. The molecule has 2 fully saturated rings. The van der Waals surface area contributed by atoms with E-state index in [0.29, 0.717) is 17.0 Å². The highest BCUT2D eigenvalue weighted by Gasteiger charge is 2.57. The second-order valence-corrected chi connectivity index (χ2v) is 7.78. The van der Waals surface area contributed by atoms with Crippen molar-refractivity contribution in [2.45, 2.75) is 51.0 Å². The van der Waals surface area contributed by atoms with Crippen LogP contribution in [0.25, 0.3) is 0 Å². The molecule has 3 rings (SSSR count). The van der Waals surface area contributed by atoms with Gasteiger partial charge in [-0.3, -0.25) is 4.79 Å². The number of ether oxygens (including phenoxy) is 1. The number of carbonyl (C=O) groups excluding carboxylic acids is 1. The molecule has 126 valence electrons. The van der Waals surface area contributed by atoms with E-state index in [0.717, 1.165) is 12.0 Å². The minimum absolute atomic E-state index is 0.192. The number of halogens is 1. The molecular weight excluding hydrogens is 310 g/mol. The fourth-order valence-electron chi connectivity index (χ4n) is 4.02. The van der Waals surface area contributed by atoms with Gasteiger partial charge in [-0.15, -0.1) is 0 Å². The van der Waals surface area contributed by atoms with Crippen molar-refractivity contribution in [2.75, 3.05) is 13.7 Å². The van der Waals surface area contributed by atoms with Crippen LogP contribution in [0.3, 0.4) is 0 Å². The number of nitrogens with one attached hydrogen (secondary N) is 1. The predicted molar refractivity (Wildman–Crippen MR) is 92.4 cm³/mol. The zero-order valence-corrected chi connectivity index (χ0v) is 14.8. The number of carbonyl (C=O) groups is 1. The third-order valence-electron chi connectivity index (χ3n) is 5.84. The number of rotatable bonds is 5. The number of methoxy groups -OCH3 is 1. The van der Waals surface area contributed by atoms with Gasteiger partial charge >= 0.3 is 0 Å². The normalized spacial score (nSPS) is 24.9. The highest BCUT2D eigenvalue weighted by molar-refractivity contribution is 6.30. The molecule has 23 heavy (non-hydrogen) atoms. The van der Waals surface area contributed by atoms with Gasteiger partial charge in [-0.2, -0.15) is 0 Å². The largest absolute Gasteiger partial charge is 0.372 e. The minimum Gasteiger partial charge on any atom is -0.372 e. The van der Waals surface area contributed by atoms with Crippen LogP contribution in [-0.2, 0) is 15.1 Å². The molecular formula is C19H26ClNO2. The molecule has 1 N–H and O–H groups in total. The van der Waals surface area contributed by atoms with Gasteiger partial charge in [-0.1, -0.05) is 43.0 Å². The maximum Gasteiger partial charge on any atom is 0.223 e. The van der Waals surface area contributed by atoms with Gasteiger partial charge in [0.1, 0.15) is 5.60 Å². The highest BCUT2D eigenvalue weighted by Crippen LogP contribution is 2.61. The summed E-state index contributed by atoms with van der Waals surface area (Å²) in [5.74, 6) is 0.403. The summed E-state index contributed by atoms with van der Waals surface area (Å²) in [6.07, 6.45) is 7.40. The van der Waals surface area contributed by atoms with Crippen molar-refractivity contribution < 1.29 is 9.53 Å². The second-order valence-electron chi connectivity index (χ2n) is 7.34. The van der Waals surface area contributed by atoms with E-state index in [2.05, 4.69) is 5.32 Å². The van der Waals surface area contributed by atoms with Crippen molar-refractivity contribution in [3.8, 4) is 0 Å². The minimum atomic E-state index is -0.560. The third kappa shape index (κ3) is 3.41. The molecule has 1 spiro atoms. The Morgan fingerprint density at radius 1 is 1.39 bits per heavy atom. The van der Waals surface area contributed by atoms with E-state index in [1.807, 2.05) is 31.2 Å². The Morgan fingerprint density at radius 3 is 2.78 bits per heavy atom. The molecule has 0 bridgehead atoms. The van der Waals surface area contributed by atoms with Gasteiger partial charge < -0.3 is 10.1 Å². The van der Waals surface area contributed by atoms with Crippen LogP contribution in [0.5, 0.6) is 0 Å². The van der Waals surface area contributed by atoms with Gasteiger partial charge in [0, 0.05) is 18.1 Å². The van der Waals surface area contributed by atoms with E-state index >= 15 is 0 Å². The number of hydrogen-bond acceptors (Lipinski definition) is 2. The van der Waals surface area contributed by atoms with Crippen molar-refractivity contribution in [1.29, 1.82) is 0 Å². The molecule has 2 saturated carbocycles. The monoisotopic (exact) mass is 335 g/mol. The van der Waals surface area contributed by atoms with E-state index in [1.54, 1.807) is 7.11 Å². The van der Waals surface area contributed by atoms with Crippen LogP contribution in [0.1, 0.15) is 51.0 Å². The summed E-state index contributed by atoms with van der Waals surface area (Å²) in [6.45, 7) is 2.46. The van der Waals surface area contributed by atoms with Crippen LogP contribution < -0.4 is 5.32 Å². The molecule has 2 aliphatic rings. The van der Waals surface area contributed by atoms with Crippen molar-refractivity contribution in [1.82, 2.24) is 5.32 Å². The quantitative estimate of drug-likeness (QED) is 0.871. The Morgan fingerprint density at radius 2 is 2.13 bits per heavy atom. The fraction of sp³-hybridized carbons (Fsp3) is 0.632. The van der Waals surface area contributed by atoms with Crippen LogP contribution in [0, 0.1) is 11.3 Å². The molecule has 0 saturated heterocycles. The lowest BCUT2D eigenvalue weighted by Crippen LogP contribution is -2.41. The van der Waals surface area contributed by atoms with Gasteiger partial charge in [0.15, 0.2) is 0 Å². The number of amides is 1. The smallest absolute Gasteiger partial charge is 0.223 e. The summed E-state index contributed by atoms with van der Waals surface area (Å²) in [5.41, 5.74) is 0.743. The molecule has 1 unspecified atom stereocenters. The molecule has 2 aliphatic carbocycles. The lowest BCUT2D eigenvalue weighted by Gasteiger charge is -2.29. The van der Waals surface area contributed by atoms with Crippen molar-refractivity contribution in [3.05, 3.63) is 34.9 Å². The van der Waals surface area contributed by atoms with Gasteiger partial charge in [-0.25, -0.2) is 0 Å². The summed E-state index contributed by atoms with van der Waals surface area (Å²) < 4.78 is 5.69.